The van der Waals surface area contributed by atoms with Crippen LogP contribution < -0.4 is 14.2 Å². The van der Waals surface area contributed by atoms with Gasteiger partial charge in [0, 0.05) is 0 Å². The topological polar surface area (TPSA) is 27.7 Å². The van der Waals surface area contributed by atoms with E-state index in [-0.39, 0.29) is 12.2 Å². The summed E-state index contributed by atoms with van der Waals surface area (Å²) < 4.78 is 45.0. The van der Waals surface area contributed by atoms with Crippen molar-refractivity contribution < 1.29 is 23.0 Å². The molecule has 1 heterocycles. The standard InChI is InChI=1S/C23H20F2O3/c1-26-19-9-5-15(6-10-19)17-3-4-18-13-21(23(24,25)28-22(18)14-17)16-7-11-20(27-2)12-8-16/h3-12,14,21H,13H2,1-2H3. The molecular weight excluding hydrogens is 362 g/mol. The lowest BCUT2D eigenvalue weighted by Crippen LogP contribution is -2.38. The summed E-state index contributed by atoms with van der Waals surface area (Å²) >= 11 is 0. The lowest BCUT2D eigenvalue weighted by atomic mass is 9.87. The normalized spacial score (nSPS) is 17.4. The number of rotatable bonds is 4. The summed E-state index contributed by atoms with van der Waals surface area (Å²) in [4.78, 5) is 0. The Bertz CT molecular complexity index is 966. The molecule has 0 fully saturated rings. The summed E-state index contributed by atoms with van der Waals surface area (Å²) in [6.45, 7) is 0. The van der Waals surface area contributed by atoms with E-state index in [0.29, 0.717) is 11.3 Å². The molecule has 0 radical (unpaired) electrons. The Hall–Kier alpha value is -3.08. The van der Waals surface area contributed by atoms with Gasteiger partial charge in [0.15, 0.2) is 0 Å². The molecule has 0 amide bonds. The van der Waals surface area contributed by atoms with Crippen LogP contribution in [0, 0.1) is 0 Å². The highest BCUT2D eigenvalue weighted by Crippen LogP contribution is 2.45. The van der Waals surface area contributed by atoms with Crippen molar-refractivity contribution in [2.75, 3.05) is 14.2 Å². The second kappa shape index (κ2) is 7.15. The fourth-order valence-electron chi connectivity index (χ4n) is 3.49. The van der Waals surface area contributed by atoms with Gasteiger partial charge in [-0.15, -0.1) is 0 Å². The van der Waals surface area contributed by atoms with E-state index < -0.39 is 12.0 Å². The van der Waals surface area contributed by atoms with Gasteiger partial charge in [-0.1, -0.05) is 36.4 Å². The molecule has 1 aliphatic heterocycles. The molecule has 4 rings (SSSR count). The van der Waals surface area contributed by atoms with Crippen LogP contribution in [0.4, 0.5) is 8.78 Å². The van der Waals surface area contributed by atoms with Crippen molar-refractivity contribution in [3.8, 4) is 28.4 Å². The number of alkyl halides is 2. The van der Waals surface area contributed by atoms with Gasteiger partial charge in [0.25, 0.3) is 0 Å². The van der Waals surface area contributed by atoms with Crippen molar-refractivity contribution in [2.45, 2.75) is 18.4 Å². The van der Waals surface area contributed by atoms with E-state index in [1.54, 1.807) is 44.6 Å². The predicted octanol–water partition coefficient (Wildman–Crippen LogP) is 5.68. The van der Waals surface area contributed by atoms with Gasteiger partial charge in [-0.3, -0.25) is 0 Å². The summed E-state index contributed by atoms with van der Waals surface area (Å²) in [5.74, 6) is 0.556. The van der Waals surface area contributed by atoms with Crippen LogP contribution in [0.3, 0.4) is 0 Å². The fourth-order valence-corrected chi connectivity index (χ4v) is 3.49. The summed E-state index contributed by atoms with van der Waals surface area (Å²) in [6.07, 6.45) is -3.09. The molecule has 0 N–H and O–H groups in total. The first kappa shape index (κ1) is 18.3. The Morgan fingerprint density at radius 2 is 1.39 bits per heavy atom. The van der Waals surface area contributed by atoms with E-state index in [1.807, 2.05) is 36.4 Å². The maximum Gasteiger partial charge on any atom is 0.405 e. The first-order valence-corrected chi connectivity index (χ1v) is 8.98. The minimum Gasteiger partial charge on any atom is -0.497 e. The summed E-state index contributed by atoms with van der Waals surface area (Å²) in [7, 11) is 3.15. The number of ether oxygens (including phenoxy) is 3. The average molecular weight is 382 g/mol. The van der Waals surface area contributed by atoms with E-state index in [0.717, 1.165) is 22.4 Å². The first-order valence-electron chi connectivity index (χ1n) is 8.98. The molecule has 0 saturated carbocycles. The van der Waals surface area contributed by atoms with Crippen LogP contribution in [0.25, 0.3) is 11.1 Å². The number of benzene rings is 3. The van der Waals surface area contributed by atoms with Gasteiger partial charge in [-0.05, 0) is 59.0 Å². The van der Waals surface area contributed by atoms with Crippen molar-refractivity contribution in [1.82, 2.24) is 0 Å². The highest BCUT2D eigenvalue weighted by atomic mass is 19.3. The maximum atomic E-state index is 14.8. The molecule has 0 spiro atoms. The Balaban J connectivity index is 1.64. The Morgan fingerprint density at radius 3 is 2.00 bits per heavy atom. The van der Waals surface area contributed by atoms with Gasteiger partial charge in [0.1, 0.15) is 17.2 Å². The summed E-state index contributed by atoms with van der Waals surface area (Å²) in [6, 6.07) is 19.6. The van der Waals surface area contributed by atoms with E-state index in [2.05, 4.69) is 0 Å². The number of methoxy groups -OCH3 is 2. The van der Waals surface area contributed by atoms with Gasteiger partial charge in [0.2, 0.25) is 0 Å². The fraction of sp³-hybridized carbons (Fsp3) is 0.217. The maximum absolute atomic E-state index is 14.8. The number of hydrogen-bond acceptors (Lipinski definition) is 3. The van der Waals surface area contributed by atoms with Crippen molar-refractivity contribution in [2.24, 2.45) is 0 Å². The molecule has 3 nitrogen and oxygen atoms in total. The van der Waals surface area contributed by atoms with Crippen LogP contribution in [0.15, 0.2) is 66.7 Å². The molecule has 3 aromatic carbocycles. The van der Waals surface area contributed by atoms with E-state index in [4.69, 9.17) is 14.2 Å². The van der Waals surface area contributed by atoms with Crippen molar-refractivity contribution in [1.29, 1.82) is 0 Å². The Kier molecular flexibility index (Phi) is 4.67. The molecule has 1 unspecified atom stereocenters. The average Bonchev–Trinajstić information content (AvgIpc) is 2.72. The summed E-state index contributed by atoms with van der Waals surface area (Å²) in [5.41, 5.74) is 3.02. The van der Waals surface area contributed by atoms with E-state index in [1.165, 1.54) is 0 Å². The zero-order valence-electron chi connectivity index (χ0n) is 15.6. The molecule has 0 saturated heterocycles. The largest absolute Gasteiger partial charge is 0.497 e. The van der Waals surface area contributed by atoms with Gasteiger partial charge >= 0.3 is 6.11 Å². The van der Waals surface area contributed by atoms with Crippen LogP contribution in [-0.2, 0) is 6.42 Å². The quantitative estimate of drug-likeness (QED) is 0.581. The monoisotopic (exact) mass is 382 g/mol. The van der Waals surface area contributed by atoms with E-state index in [9.17, 15) is 8.78 Å². The lowest BCUT2D eigenvalue weighted by molar-refractivity contribution is -0.201. The highest BCUT2D eigenvalue weighted by Gasteiger charge is 2.47. The number of fused-ring (bicyclic) bond motifs is 1. The zero-order chi connectivity index (χ0) is 19.7. The van der Waals surface area contributed by atoms with E-state index >= 15 is 0 Å². The molecule has 1 aliphatic rings. The molecule has 144 valence electrons. The molecule has 28 heavy (non-hydrogen) atoms. The Morgan fingerprint density at radius 1 is 0.821 bits per heavy atom. The second-order valence-corrected chi connectivity index (χ2v) is 6.74. The van der Waals surface area contributed by atoms with Crippen molar-refractivity contribution in [3.05, 3.63) is 77.9 Å². The van der Waals surface area contributed by atoms with Gasteiger partial charge in [-0.25, -0.2) is 0 Å². The SMILES string of the molecule is COc1ccc(-c2ccc3c(c2)OC(F)(F)C(c2ccc(OC)cc2)C3)cc1. The minimum absolute atomic E-state index is 0.206. The lowest BCUT2D eigenvalue weighted by Gasteiger charge is -2.33. The molecule has 0 aliphatic carbocycles. The van der Waals surface area contributed by atoms with Crippen LogP contribution in [-0.4, -0.2) is 20.3 Å². The highest BCUT2D eigenvalue weighted by molar-refractivity contribution is 5.67. The van der Waals surface area contributed by atoms with Gasteiger partial charge in [0.05, 0.1) is 20.1 Å². The third kappa shape index (κ3) is 3.40. The van der Waals surface area contributed by atoms with Crippen LogP contribution in [0.1, 0.15) is 17.0 Å². The van der Waals surface area contributed by atoms with Crippen molar-refractivity contribution in [3.63, 3.8) is 0 Å². The first-order chi connectivity index (χ1) is 13.5. The van der Waals surface area contributed by atoms with Crippen LogP contribution in [0.5, 0.6) is 17.2 Å². The minimum atomic E-state index is -3.29. The van der Waals surface area contributed by atoms with Crippen LogP contribution >= 0.6 is 0 Å². The summed E-state index contributed by atoms with van der Waals surface area (Å²) in [5, 5.41) is 0. The number of hydrogen-bond donors (Lipinski definition) is 0. The van der Waals surface area contributed by atoms with Gasteiger partial charge < -0.3 is 14.2 Å². The van der Waals surface area contributed by atoms with Crippen molar-refractivity contribution >= 4 is 0 Å². The third-order valence-electron chi connectivity index (χ3n) is 5.08. The van der Waals surface area contributed by atoms with Crippen LogP contribution in [0.2, 0.25) is 0 Å². The molecule has 3 aromatic rings. The molecular formula is C23H20F2O3. The third-order valence-corrected chi connectivity index (χ3v) is 5.08. The Labute approximate surface area is 162 Å². The zero-order valence-corrected chi connectivity index (χ0v) is 15.6. The molecule has 5 heteroatoms. The predicted molar refractivity (Wildman–Crippen MR) is 103 cm³/mol. The molecule has 1 atom stereocenters. The second-order valence-electron chi connectivity index (χ2n) is 6.74. The van der Waals surface area contributed by atoms with Gasteiger partial charge in [-0.2, -0.15) is 8.78 Å². The smallest absolute Gasteiger partial charge is 0.405 e. The number of halogens is 2. The molecule has 0 bridgehead atoms. The molecule has 0 aromatic heterocycles.